The van der Waals surface area contributed by atoms with E-state index >= 15 is 0 Å². The number of benzene rings is 1. The van der Waals surface area contributed by atoms with Crippen LogP contribution in [0.2, 0.25) is 0 Å². The van der Waals surface area contributed by atoms with Gasteiger partial charge in [0.1, 0.15) is 6.54 Å². The van der Waals surface area contributed by atoms with Crippen molar-refractivity contribution in [3.8, 4) is 0 Å². The van der Waals surface area contributed by atoms with Gasteiger partial charge in [0, 0.05) is 33.3 Å². The number of hydrogen-bond acceptors (Lipinski definition) is 3. The van der Waals surface area contributed by atoms with Crippen LogP contribution >= 0.6 is 0 Å². The minimum atomic E-state index is -0.295. The van der Waals surface area contributed by atoms with Crippen LogP contribution in [0.4, 0.5) is 0 Å². The maximum Gasteiger partial charge on any atom is 0.244 e. The molecule has 1 aliphatic heterocycles. The molecule has 0 saturated heterocycles. The molecular weight excluding hydrogens is 316 g/mol. The number of fused-ring (bicyclic) bond motifs is 1. The number of ether oxygens (including phenoxy) is 1. The molecule has 0 unspecified atom stereocenters. The molecule has 1 aromatic carbocycles. The van der Waals surface area contributed by atoms with Crippen LogP contribution in [0.15, 0.2) is 29.3 Å². The second-order valence-electron chi connectivity index (χ2n) is 6.85. The molecule has 0 spiro atoms. The highest BCUT2D eigenvalue weighted by atomic mass is 16.5. The summed E-state index contributed by atoms with van der Waals surface area (Å²) in [7, 11) is 1.68. The Balaban J connectivity index is 1.92. The molecule has 138 valence electrons. The predicted molar refractivity (Wildman–Crippen MR) is 101 cm³/mol. The van der Waals surface area contributed by atoms with Gasteiger partial charge >= 0.3 is 0 Å². The maximum absolute atomic E-state index is 12.5. The minimum absolute atomic E-state index is 0.0534. The summed E-state index contributed by atoms with van der Waals surface area (Å²) in [5, 5.41) is 6.39. The molecular formula is C19H30N4O2. The largest absolute Gasteiger partial charge is 0.377 e. The molecule has 6 nitrogen and oxygen atoms in total. The first-order chi connectivity index (χ1) is 11.9. The predicted octanol–water partition coefficient (Wildman–Crippen LogP) is 1.55. The average Bonchev–Trinajstić information content (AvgIpc) is 2.63. The summed E-state index contributed by atoms with van der Waals surface area (Å²) in [5.74, 6) is 0.691. The SMILES string of the molecule is CCNC(=NCC(=O)N1CCc2ccccc2C1)NCC(C)(C)OC. The third-order valence-corrected chi connectivity index (χ3v) is 4.43. The summed E-state index contributed by atoms with van der Waals surface area (Å²) < 4.78 is 5.40. The molecule has 2 N–H and O–H groups in total. The number of aliphatic imine (C=N–C) groups is 1. The highest BCUT2D eigenvalue weighted by Crippen LogP contribution is 2.18. The van der Waals surface area contributed by atoms with Gasteiger partial charge in [-0.3, -0.25) is 4.79 Å². The van der Waals surface area contributed by atoms with E-state index in [2.05, 4.69) is 33.8 Å². The lowest BCUT2D eigenvalue weighted by Gasteiger charge is -2.28. The van der Waals surface area contributed by atoms with E-state index in [-0.39, 0.29) is 18.1 Å². The first-order valence-electron chi connectivity index (χ1n) is 8.87. The zero-order chi connectivity index (χ0) is 18.3. The summed E-state index contributed by atoms with van der Waals surface area (Å²) in [6.45, 7) is 8.93. The van der Waals surface area contributed by atoms with Gasteiger partial charge in [0.2, 0.25) is 5.91 Å². The Hall–Kier alpha value is -2.08. The van der Waals surface area contributed by atoms with Gasteiger partial charge in [-0.25, -0.2) is 4.99 Å². The highest BCUT2D eigenvalue weighted by Gasteiger charge is 2.20. The van der Waals surface area contributed by atoms with E-state index in [1.165, 1.54) is 11.1 Å². The summed E-state index contributed by atoms with van der Waals surface area (Å²) in [4.78, 5) is 18.8. The van der Waals surface area contributed by atoms with E-state index in [0.29, 0.717) is 19.0 Å². The van der Waals surface area contributed by atoms with Crippen molar-refractivity contribution in [3.63, 3.8) is 0 Å². The Morgan fingerprint density at radius 3 is 2.68 bits per heavy atom. The molecule has 0 aromatic heterocycles. The van der Waals surface area contributed by atoms with Crippen LogP contribution in [0.5, 0.6) is 0 Å². The fourth-order valence-corrected chi connectivity index (χ4v) is 2.67. The Labute approximate surface area is 150 Å². The standard InChI is InChI=1S/C19H30N4O2/c1-5-20-18(22-14-19(2,3)25-4)21-12-17(24)23-11-10-15-8-6-7-9-16(15)13-23/h6-9H,5,10-14H2,1-4H3,(H2,20,21,22). The quantitative estimate of drug-likeness (QED) is 0.606. The molecule has 0 aliphatic carbocycles. The number of carbonyl (C=O) groups is 1. The molecule has 0 saturated carbocycles. The summed E-state index contributed by atoms with van der Waals surface area (Å²) in [6.07, 6.45) is 0.909. The van der Waals surface area contributed by atoms with Crippen molar-refractivity contribution in [1.82, 2.24) is 15.5 Å². The molecule has 6 heteroatoms. The highest BCUT2D eigenvalue weighted by molar-refractivity contribution is 5.85. The first-order valence-corrected chi connectivity index (χ1v) is 8.87. The van der Waals surface area contributed by atoms with Crippen LogP contribution in [-0.2, 0) is 22.5 Å². The van der Waals surface area contributed by atoms with Gasteiger partial charge in [-0.15, -0.1) is 0 Å². The number of guanidine groups is 1. The third-order valence-electron chi connectivity index (χ3n) is 4.43. The number of nitrogens with zero attached hydrogens (tertiary/aromatic N) is 2. The van der Waals surface area contributed by atoms with E-state index in [1.54, 1.807) is 7.11 Å². The maximum atomic E-state index is 12.5. The summed E-state index contributed by atoms with van der Waals surface area (Å²) in [6, 6.07) is 8.31. The molecule has 1 aromatic rings. The molecule has 1 aliphatic rings. The number of nitrogens with one attached hydrogen (secondary N) is 2. The first kappa shape index (κ1) is 19.2. The van der Waals surface area contributed by atoms with Crippen molar-refractivity contribution >= 4 is 11.9 Å². The van der Waals surface area contributed by atoms with Crippen molar-refractivity contribution in [2.75, 3.05) is 33.3 Å². The normalized spacial score (nSPS) is 14.9. The Kier molecular flexibility index (Phi) is 6.82. The third kappa shape index (κ3) is 5.74. The monoisotopic (exact) mass is 346 g/mol. The van der Waals surface area contributed by atoms with Crippen LogP contribution < -0.4 is 10.6 Å². The second-order valence-corrected chi connectivity index (χ2v) is 6.85. The fourth-order valence-electron chi connectivity index (χ4n) is 2.67. The van der Waals surface area contributed by atoms with Crippen molar-refractivity contribution in [1.29, 1.82) is 0 Å². The van der Waals surface area contributed by atoms with Gasteiger partial charge in [-0.05, 0) is 38.3 Å². The van der Waals surface area contributed by atoms with E-state index in [9.17, 15) is 4.79 Å². The zero-order valence-electron chi connectivity index (χ0n) is 15.8. The van der Waals surface area contributed by atoms with Crippen LogP contribution in [0.25, 0.3) is 0 Å². The summed E-state index contributed by atoms with van der Waals surface area (Å²) >= 11 is 0. The van der Waals surface area contributed by atoms with Gasteiger partial charge in [0.15, 0.2) is 5.96 Å². The molecule has 0 radical (unpaired) electrons. The minimum Gasteiger partial charge on any atom is -0.377 e. The second kappa shape index (κ2) is 8.85. The van der Waals surface area contributed by atoms with Crippen LogP contribution in [-0.4, -0.2) is 55.7 Å². The fraction of sp³-hybridized carbons (Fsp3) is 0.579. The molecule has 0 fully saturated rings. The number of methoxy groups -OCH3 is 1. The van der Waals surface area contributed by atoms with E-state index in [0.717, 1.165) is 19.5 Å². The van der Waals surface area contributed by atoms with E-state index < -0.39 is 0 Å². The molecule has 1 amide bonds. The van der Waals surface area contributed by atoms with Crippen LogP contribution in [0, 0.1) is 0 Å². The van der Waals surface area contributed by atoms with Gasteiger partial charge in [0.25, 0.3) is 0 Å². The average molecular weight is 346 g/mol. The van der Waals surface area contributed by atoms with E-state index in [1.807, 2.05) is 31.7 Å². The molecule has 2 rings (SSSR count). The summed E-state index contributed by atoms with van der Waals surface area (Å²) in [5.41, 5.74) is 2.28. The van der Waals surface area contributed by atoms with Crippen LogP contribution in [0.3, 0.4) is 0 Å². The van der Waals surface area contributed by atoms with Gasteiger partial charge in [0.05, 0.1) is 5.60 Å². The van der Waals surface area contributed by atoms with Gasteiger partial charge in [-0.1, -0.05) is 24.3 Å². The van der Waals surface area contributed by atoms with Crippen LogP contribution in [0.1, 0.15) is 31.9 Å². The molecule has 0 bridgehead atoms. The number of hydrogen-bond donors (Lipinski definition) is 2. The number of amides is 1. The molecule has 25 heavy (non-hydrogen) atoms. The smallest absolute Gasteiger partial charge is 0.244 e. The van der Waals surface area contributed by atoms with Crippen molar-refractivity contribution in [2.45, 2.75) is 39.3 Å². The van der Waals surface area contributed by atoms with Crippen molar-refractivity contribution in [3.05, 3.63) is 35.4 Å². The topological polar surface area (TPSA) is 66.0 Å². The number of rotatable bonds is 6. The number of carbonyl (C=O) groups excluding carboxylic acids is 1. The lowest BCUT2D eigenvalue weighted by atomic mass is 10.00. The van der Waals surface area contributed by atoms with Gasteiger partial charge in [-0.2, -0.15) is 0 Å². The van der Waals surface area contributed by atoms with Gasteiger partial charge < -0.3 is 20.3 Å². The Morgan fingerprint density at radius 1 is 1.28 bits per heavy atom. The lowest BCUT2D eigenvalue weighted by molar-refractivity contribution is -0.130. The van der Waals surface area contributed by atoms with Crippen molar-refractivity contribution in [2.24, 2.45) is 4.99 Å². The van der Waals surface area contributed by atoms with Crippen molar-refractivity contribution < 1.29 is 9.53 Å². The molecule has 1 heterocycles. The molecule has 0 atom stereocenters. The zero-order valence-corrected chi connectivity index (χ0v) is 15.8. The van der Waals surface area contributed by atoms with E-state index in [4.69, 9.17) is 4.74 Å². The Morgan fingerprint density at radius 2 is 2.00 bits per heavy atom. The Bertz CT molecular complexity index is 613. The lowest BCUT2D eigenvalue weighted by Crippen LogP contribution is -2.46.